The second-order valence-corrected chi connectivity index (χ2v) is 9.83. The average Bonchev–Trinajstić information content (AvgIpc) is 2.92. The van der Waals surface area contributed by atoms with Gasteiger partial charge in [-0.25, -0.2) is 9.78 Å². The zero-order chi connectivity index (χ0) is 26.2. The van der Waals surface area contributed by atoms with Crippen LogP contribution in [-0.4, -0.2) is 23.3 Å². The first-order valence-electron chi connectivity index (χ1n) is 12.9. The number of rotatable bonds is 11. The lowest BCUT2D eigenvalue weighted by atomic mass is 10.00. The van der Waals surface area contributed by atoms with E-state index in [1.165, 1.54) is 37.7 Å². The van der Waals surface area contributed by atoms with Crippen molar-refractivity contribution >= 4 is 34.3 Å². The van der Waals surface area contributed by atoms with E-state index in [-0.39, 0.29) is 12.4 Å². The van der Waals surface area contributed by atoms with Gasteiger partial charge in [0.05, 0.1) is 16.8 Å². The van der Waals surface area contributed by atoms with E-state index in [0.717, 1.165) is 23.1 Å². The summed E-state index contributed by atoms with van der Waals surface area (Å²) in [5.74, 6) is -0.838. The van der Waals surface area contributed by atoms with Crippen molar-refractivity contribution in [2.24, 2.45) is 0 Å². The number of benzene rings is 3. The van der Waals surface area contributed by atoms with Crippen molar-refractivity contribution in [3.63, 3.8) is 0 Å². The molecule has 37 heavy (non-hydrogen) atoms. The van der Waals surface area contributed by atoms with E-state index in [4.69, 9.17) is 21.3 Å². The van der Waals surface area contributed by atoms with Crippen LogP contribution in [0.25, 0.3) is 22.2 Å². The predicted octanol–water partition coefficient (Wildman–Crippen LogP) is 8.42. The fraction of sp³-hybridized carbons (Fsp3) is 0.281. The van der Waals surface area contributed by atoms with Gasteiger partial charge in [0.2, 0.25) is 0 Å². The fourth-order valence-electron chi connectivity index (χ4n) is 4.41. The normalized spacial score (nSPS) is 11.0. The van der Waals surface area contributed by atoms with Crippen molar-refractivity contribution in [2.75, 3.05) is 6.61 Å². The van der Waals surface area contributed by atoms with Gasteiger partial charge >= 0.3 is 5.97 Å². The van der Waals surface area contributed by atoms with Gasteiger partial charge in [-0.05, 0) is 61.2 Å². The molecule has 0 amide bonds. The number of pyridine rings is 1. The maximum Gasteiger partial charge on any atom is 0.339 e. The highest BCUT2D eigenvalue weighted by atomic mass is 35.5. The van der Waals surface area contributed by atoms with Crippen LogP contribution in [0.5, 0.6) is 0 Å². The SMILES string of the molecule is CCCCCCCc1ccc(-c2cc(C(=O)OCC(=O)c3ccc(Cl)cc3)c3cccc(C)c3n2)cc1. The molecule has 0 bridgehead atoms. The molecule has 0 aliphatic heterocycles. The smallest absolute Gasteiger partial charge is 0.339 e. The molecule has 0 spiro atoms. The molecule has 190 valence electrons. The summed E-state index contributed by atoms with van der Waals surface area (Å²) in [6.45, 7) is 3.85. The minimum atomic E-state index is -0.551. The van der Waals surface area contributed by atoms with Crippen LogP contribution < -0.4 is 0 Å². The van der Waals surface area contributed by atoms with Crippen LogP contribution in [0.1, 0.15) is 70.9 Å². The number of hydrogen-bond acceptors (Lipinski definition) is 4. The fourth-order valence-corrected chi connectivity index (χ4v) is 4.54. The van der Waals surface area contributed by atoms with E-state index in [1.807, 2.05) is 25.1 Å². The number of hydrogen-bond donors (Lipinski definition) is 0. The van der Waals surface area contributed by atoms with E-state index in [9.17, 15) is 9.59 Å². The largest absolute Gasteiger partial charge is 0.454 e. The standard InChI is InChI=1S/C32H32ClNO3/c1-3-4-5-6-7-10-23-12-14-24(15-13-23)29-20-28(27-11-8-9-22(2)31(27)34-29)32(36)37-21-30(35)25-16-18-26(33)19-17-25/h8-9,11-20H,3-7,10,21H2,1-2H3. The van der Waals surface area contributed by atoms with Crippen LogP contribution in [0.3, 0.4) is 0 Å². The van der Waals surface area contributed by atoms with Gasteiger partial charge in [0, 0.05) is 21.5 Å². The van der Waals surface area contributed by atoms with Crippen LogP contribution in [-0.2, 0) is 11.2 Å². The summed E-state index contributed by atoms with van der Waals surface area (Å²) in [6.07, 6.45) is 7.35. The molecule has 5 heteroatoms. The summed E-state index contributed by atoms with van der Waals surface area (Å²) in [4.78, 5) is 30.6. The number of esters is 1. The Kier molecular flexibility index (Phi) is 9.08. The first-order chi connectivity index (χ1) is 18.0. The van der Waals surface area contributed by atoms with Gasteiger partial charge < -0.3 is 4.74 Å². The highest BCUT2D eigenvalue weighted by Gasteiger charge is 2.18. The molecule has 0 radical (unpaired) electrons. The molecule has 0 N–H and O–H groups in total. The Hall–Kier alpha value is -3.50. The van der Waals surface area contributed by atoms with Crippen LogP contribution >= 0.6 is 11.6 Å². The number of aryl methyl sites for hydroxylation is 2. The molecular weight excluding hydrogens is 482 g/mol. The van der Waals surface area contributed by atoms with Gasteiger partial charge in [-0.1, -0.05) is 86.7 Å². The number of para-hydroxylation sites is 1. The first kappa shape index (κ1) is 26.6. The predicted molar refractivity (Wildman–Crippen MR) is 150 cm³/mol. The van der Waals surface area contributed by atoms with E-state index < -0.39 is 5.97 Å². The molecule has 0 saturated carbocycles. The molecular formula is C32H32ClNO3. The molecule has 0 aliphatic rings. The number of nitrogens with zero attached hydrogens (tertiary/aromatic N) is 1. The minimum Gasteiger partial charge on any atom is -0.454 e. The van der Waals surface area contributed by atoms with E-state index in [1.54, 1.807) is 30.3 Å². The van der Waals surface area contributed by atoms with E-state index in [0.29, 0.717) is 27.2 Å². The topological polar surface area (TPSA) is 56.3 Å². The Morgan fingerprint density at radius 2 is 1.62 bits per heavy atom. The highest BCUT2D eigenvalue weighted by molar-refractivity contribution is 6.30. The van der Waals surface area contributed by atoms with Crippen molar-refractivity contribution in [3.05, 3.63) is 100 Å². The van der Waals surface area contributed by atoms with Gasteiger partial charge in [0.1, 0.15) is 0 Å². The van der Waals surface area contributed by atoms with E-state index in [2.05, 4.69) is 31.2 Å². The van der Waals surface area contributed by atoms with Crippen molar-refractivity contribution in [1.29, 1.82) is 0 Å². The monoisotopic (exact) mass is 513 g/mol. The van der Waals surface area contributed by atoms with Crippen LogP contribution in [0.15, 0.2) is 72.8 Å². The average molecular weight is 514 g/mol. The van der Waals surface area contributed by atoms with Gasteiger partial charge in [-0.15, -0.1) is 0 Å². The number of unbranched alkanes of at least 4 members (excludes halogenated alkanes) is 4. The third-order valence-electron chi connectivity index (χ3n) is 6.58. The van der Waals surface area contributed by atoms with Gasteiger partial charge in [0.15, 0.2) is 12.4 Å². The number of fused-ring (bicyclic) bond motifs is 1. The quantitative estimate of drug-likeness (QED) is 0.115. The third-order valence-corrected chi connectivity index (χ3v) is 6.83. The van der Waals surface area contributed by atoms with Gasteiger partial charge in [-0.3, -0.25) is 4.79 Å². The zero-order valence-electron chi connectivity index (χ0n) is 21.4. The molecule has 0 atom stereocenters. The third kappa shape index (κ3) is 6.84. The van der Waals surface area contributed by atoms with Crippen LogP contribution in [0, 0.1) is 6.92 Å². The summed E-state index contributed by atoms with van der Waals surface area (Å²) in [5.41, 5.74) is 5.49. The number of halogens is 1. The first-order valence-corrected chi connectivity index (χ1v) is 13.3. The number of ketones is 1. The van der Waals surface area contributed by atoms with Crippen molar-refractivity contribution in [2.45, 2.75) is 52.4 Å². The summed E-state index contributed by atoms with van der Waals surface area (Å²) < 4.78 is 5.46. The summed E-state index contributed by atoms with van der Waals surface area (Å²) in [6, 6.07) is 22.4. The Balaban J connectivity index is 1.54. The highest BCUT2D eigenvalue weighted by Crippen LogP contribution is 2.28. The number of carbonyl (C=O) groups excluding carboxylic acids is 2. The summed E-state index contributed by atoms with van der Waals surface area (Å²) in [5, 5.41) is 1.25. The maximum atomic E-state index is 13.2. The molecule has 0 saturated heterocycles. The Morgan fingerprint density at radius 3 is 2.35 bits per heavy atom. The summed E-state index contributed by atoms with van der Waals surface area (Å²) in [7, 11) is 0. The number of carbonyl (C=O) groups is 2. The van der Waals surface area contributed by atoms with Crippen molar-refractivity contribution in [3.8, 4) is 11.3 Å². The summed E-state index contributed by atoms with van der Waals surface area (Å²) >= 11 is 5.90. The molecule has 4 nitrogen and oxygen atoms in total. The second-order valence-electron chi connectivity index (χ2n) is 9.39. The molecule has 3 aromatic carbocycles. The zero-order valence-corrected chi connectivity index (χ0v) is 22.2. The molecule has 0 unspecified atom stereocenters. The minimum absolute atomic E-state index is 0.287. The van der Waals surface area contributed by atoms with Crippen LogP contribution in [0.4, 0.5) is 0 Å². The Bertz CT molecular complexity index is 1380. The maximum absolute atomic E-state index is 13.2. The molecule has 0 aliphatic carbocycles. The lowest BCUT2D eigenvalue weighted by molar-refractivity contribution is 0.0476. The lowest BCUT2D eigenvalue weighted by Gasteiger charge is -2.12. The van der Waals surface area contributed by atoms with Gasteiger partial charge in [0.25, 0.3) is 0 Å². The van der Waals surface area contributed by atoms with E-state index >= 15 is 0 Å². The Labute approximate surface area is 223 Å². The Morgan fingerprint density at radius 1 is 0.892 bits per heavy atom. The molecule has 4 aromatic rings. The second kappa shape index (κ2) is 12.6. The molecule has 0 fully saturated rings. The number of ether oxygens (including phenoxy) is 1. The van der Waals surface area contributed by atoms with Gasteiger partial charge in [-0.2, -0.15) is 0 Å². The number of Topliss-reactive ketones (excluding diaryl/α,β-unsaturated/α-hetero) is 1. The molecule has 1 aromatic heterocycles. The van der Waals surface area contributed by atoms with Crippen molar-refractivity contribution in [1.82, 2.24) is 4.98 Å². The van der Waals surface area contributed by atoms with Crippen molar-refractivity contribution < 1.29 is 14.3 Å². The number of aromatic nitrogens is 1. The molecule has 4 rings (SSSR count). The molecule has 1 heterocycles. The van der Waals surface area contributed by atoms with Crippen LogP contribution in [0.2, 0.25) is 5.02 Å². The lowest BCUT2D eigenvalue weighted by Crippen LogP contribution is -2.15.